The van der Waals surface area contributed by atoms with Gasteiger partial charge in [0, 0.05) is 38.0 Å². The first-order chi connectivity index (χ1) is 10.3. The number of nitrogens with zero attached hydrogens (tertiary/aromatic N) is 3. The summed E-state index contributed by atoms with van der Waals surface area (Å²) in [6.45, 7) is 6.39. The minimum absolute atomic E-state index is 0. The number of carbonyl (C=O) groups excluding carboxylic acids is 1. The van der Waals surface area contributed by atoms with Crippen LogP contribution in [0.5, 0.6) is 0 Å². The number of aromatic nitrogens is 1. The highest BCUT2D eigenvalue weighted by molar-refractivity contribution is 7.14. The highest BCUT2D eigenvalue weighted by Gasteiger charge is 2.20. The summed E-state index contributed by atoms with van der Waals surface area (Å²) < 4.78 is 0. The summed E-state index contributed by atoms with van der Waals surface area (Å²) in [6, 6.07) is 4.17. The third-order valence-corrected chi connectivity index (χ3v) is 5.44. The first-order valence-corrected chi connectivity index (χ1v) is 9.00. The molecule has 3 heterocycles. The van der Waals surface area contributed by atoms with Crippen LogP contribution >= 0.6 is 35.1 Å². The zero-order chi connectivity index (χ0) is 14.7. The molecule has 0 unspecified atom stereocenters. The fourth-order valence-electron chi connectivity index (χ4n) is 2.49. The molecule has 2 aromatic rings. The molecule has 1 fully saturated rings. The van der Waals surface area contributed by atoms with Gasteiger partial charge in [0.2, 0.25) is 5.91 Å². The number of thiazole rings is 1. The van der Waals surface area contributed by atoms with Crippen molar-refractivity contribution in [1.29, 1.82) is 0 Å². The normalized spacial score (nSPS) is 15.6. The van der Waals surface area contributed by atoms with Crippen molar-refractivity contribution < 1.29 is 4.79 Å². The fourth-order valence-corrected chi connectivity index (χ4v) is 4.09. The van der Waals surface area contributed by atoms with Gasteiger partial charge in [-0.1, -0.05) is 13.0 Å². The van der Waals surface area contributed by atoms with E-state index in [1.807, 2.05) is 11.8 Å². The molecule has 0 spiro atoms. The minimum Gasteiger partial charge on any atom is -0.340 e. The summed E-state index contributed by atoms with van der Waals surface area (Å²) in [6.07, 6.45) is 0.608. The van der Waals surface area contributed by atoms with Gasteiger partial charge in [0.1, 0.15) is 5.01 Å². The Balaban J connectivity index is 0.00000176. The number of rotatable bonds is 4. The van der Waals surface area contributed by atoms with Crippen molar-refractivity contribution in [2.75, 3.05) is 26.2 Å². The Kier molecular flexibility index (Phi) is 6.37. The number of thiophene rings is 1. The third kappa shape index (κ3) is 4.07. The van der Waals surface area contributed by atoms with Gasteiger partial charge in [0.05, 0.1) is 17.1 Å². The van der Waals surface area contributed by atoms with Crippen LogP contribution in [0.3, 0.4) is 0 Å². The van der Waals surface area contributed by atoms with Crippen molar-refractivity contribution in [2.45, 2.75) is 19.9 Å². The van der Waals surface area contributed by atoms with E-state index in [0.717, 1.165) is 43.4 Å². The molecule has 0 N–H and O–H groups in total. The van der Waals surface area contributed by atoms with Crippen molar-refractivity contribution in [3.05, 3.63) is 27.9 Å². The zero-order valence-electron chi connectivity index (χ0n) is 12.5. The molecule has 2 aromatic heterocycles. The molecule has 0 aliphatic carbocycles. The molecule has 3 rings (SSSR count). The van der Waals surface area contributed by atoms with Crippen LogP contribution in [-0.4, -0.2) is 46.9 Å². The van der Waals surface area contributed by atoms with Crippen LogP contribution in [0.1, 0.15) is 18.4 Å². The number of piperazine rings is 1. The molecule has 0 saturated carbocycles. The van der Waals surface area contributed by atoms with E-state index in [1.165, 1.54) is 4.88 Å². The average Bonchev–Trinajstić information content (AvgIpc) is 3.18. The van der Waals surface area contributed by atoms with Crippen LogP contribution in [0.25, 0.3) is 10.6 Å². The molecule has 0 aromatic carbocycles. The van der Waals surface area contributed by atoms with Gasteiger partial charge in [0.25, 0.3) is 0 Å². The first-order valence-electron chi connectivity index (χ1n) is 7.24. The third-order valence-electron chi connectivity index (χ3n) is 3.71. The topological polar surface area (TPSA) is 36.4 Å². The average molecular weight is 358 g/mol. The first kappa shape index (κ1) is 17.4. The summed E-state index contributed by atoms with van der Waals surface area (Å²) in [5.41, 5.74) is 1.09. The van der Waals surface area contributed by atoms with Gasteiger partial charge in [-0.3, -0.25) is 9.69 Å². The predicted octanol–water partition coefficient (Wildman–Crippen LogP) is 3.35. The highest BCUT2D eigenvalue weighted by atomic mass is 35.5. The maximum Gasteiger partial charge on any atom is 0.222 e. The largest absolute Gasteiger partial charge is 0.340 e. The Hall–Kier alpha value is -0.950. The Morgan fingerprint density at radius 3 is 2.68 bits per heavy atom. The number of carbonyl (C=O) groups is 1. The fraction of sp³-hybridized carbons (Fsp3) is 0.467. The quantitative estimate of drug-likeness (QED) is 0.842. The monoisotopic (exact) mass is 357 g/mol. The Morgan fingerprint density at radius 2 is 2.05 bits per heavy atom. The van der Waals surface area contributed by atoms with Gasteiger partial charge in [0.15, 0.2) is 0 Å². The smallest absolute Gasteiger partial charge is 0.222 e. The van der Waals surface area contributed by atoms with Gasteiger partial charge in [-0.15, -0.1) is 35.1 Å². The van der Waals surface area contributed by atoms with E-state index < -0.39 is 0 Å². The zero-order valence-corrected chi connectivity index (χ0v) is 15.0. The Morgan fingerprint density at radius 1 is 1.27 bits per heavy atom. The van der Waals surface area contributed by atoms with Crippen LogP contribution < -0.4 is 0 Å². The second-order valence-electron chi connectivity index (χ2n) is 5.11. The molecule has 0 radical (unpaired) electrons. The van der Waals surface area contributed by atoms with E-state index in [-0.39, 0.29) is 18.3 Å². The SMILES string of the molecule is CCC(=O)N1CCN(Cc2nc(-c3cccs3)cs2)CC1.Cl. The minimum atomic E-state index is 0. The summed E-state index contributed by atoms with van der Waals surface area (Å²) in [7, 11) is 0. The maximum absolute atomic E-state index is 11.7. The number of hydrogen-bond donors (Lipinski definition) is 0. The molecular formula is C15H20ClN3OS2. The van der Waals surface area contributed by atoms with Gasteiger partial charge in [-0.2, -0.15) is 0 Å². The molecule has 1 amide bonds. The van der Waals surface area contributed by atoms with Crippen LogP contribution in [0.2, 0.25) is 0 Å². The van der Waals surface area contributed by atoms with Gasteiger partial charge < -0.3 is 4.90 Å². The summed E-state index contributed by atoms with van der Waals surface area (Å²) in [5, 5.41) is 5.38. The van der Waals surface area contributed by atoms with Gasteiger partial charge >= 0.3 is 0 Å². The van der Waals surface area contributed by atoms with Crippen LogP contribution in [-0.2, 0) is 11.3 Å². The van der Waals surface area contributed by atoms with E-state index in [2.05, 4.69) is 27.8 Å². The van der Waals surface area contributed by atoms with E-state index in [0.29, 0.717) is 6.42 Å². The number of hydrogen-bond acceptors (Lipinski definition) is 5. The summed E-state index contributed by atoms with van der Waals surface area (Å²) in [4.78, 5) is 22.0. The van der Waals surface area contributed by atoms with E-state index in [1.54, 1.807) is 22.7 Å². The van der Waals surface area contributed by atoms with Crippen molar-refractivity contribution in [3.8, 4) is 10.6 Å². The molecule has 1 aliphatic rings. The maximum atomic E-state index is 11.7. The van der Waals surface area contributed by atoms with Gasteiger partial charge in [-0.05, 0) is 11.4 Å². The van der Waals surface area contributed by atoms with E-state index >= 15 is 0 Å². The highest BCUT2D eigenvalue weighted by Crippen LogP contribution is 2.26. The summed E-state index contributed by atoms with van der Waals surface area (Å²) >= 11 is 3.45. The summed E-state index contributed by atoms with van der Waals surface area (Å²) in [5.74, 6) is 0.267. The van der Waals surface area contributed by atoms with Crippen molar-refractivity contribution >= 4 is 41.0 Å². The molecule has 0 bridgehead atoms. The molecule has 1 aliphatic heterocycles. The molecule has 22 heavy (non-hydrogen) atoms. The van der Waals surface area contributed by atoms with Crippen LogP contribution in [0.4, 0.5) is 0 Å². The molecule has 1 saturated heterocycles. The van der Waals surface area contributed by atoms with Gasteiger partial charge in [-0.25, -0.2) is 4.98 Å². The molecule has 7 heteroatoms. The standard InChI is InChI=1S/C15H19N3OS2.ClH/c1-2-15(19)18-7-5-17(6-8-18)10-14-16-12(11-21-14)13-4-3-9-20-13;/h3-4,9,11H,2,5-8,10H2,1H3;1H. The number of halogens is 1. The Bertz CT molecular complexity index is 592. The molecule has 120 valence electrons. The lowest BCUT2D eigenvalue weighted by atomic mass is 10.3. The molecule has 0 atom stereocenters. The van der Waals surface area contributed by atoms with Crippen molar-refractivity contribution in [2.24, 2.45) is 0 Å². The van der Waals surface area contributed by atoms with Crippen LogP contribution in [0.15, 0.2) is 22.9 Å². The van der Waals surface area contributed by atoms with E-state index in [9.17, 15) is 4.79 Å². The second-order valence-corrected chi connectivity index (χ2v) is 7.00. The molecular weight excluding hydrogens is 338 g/mol. The lowest BCUT2D eigenvalue weighted by Gasteiger charge is -2.34. The molecule has 4 nitrogen and oxygen atoms in total. The Labute approximate surface area is 145 Å². The van der Waals surface area contributed by atoms with E-state index in [4.69, 9.17) is 4.98 Å². The van der Waals surface area contributed by atoms with Crippen molar-refractivity contribution in [1.82, 2.24) is 14.8 Å². The predicted molar refractivity (Wildman–Crippen MR) is 94.8 cm³/mol. The van der Waals surface area contributed by atoms with Crippen molar-refractivity contribution in [3.63, 3.8) is 0 Å². The lowest BCUT2D eigenvalue weighted by Crippen LogP contribution is -2.48. The van der Waals surface area contributed by atoms with Crippen LogP contribution in [0, 0.1) is 0 Å². The number of amides is 1. The second kappa shape index (κ2) is 8.06. The lowest BCUT2D eigenvalue weighted by molar-refractivity contribution is -0.132.